The van der Waals surface area contributed by atoms with Crippen LogP contribution in [-0.2, 0) is 16.0 Å². The molecule has 2 N–H and O–H groups in total. The molecule has 0 aromatic heterocycles. The van der Waals surface area contributed by atoms with E-state index in [-0.39, 0.29) is 24.2 Å². The quantitative estimate of drug-likeness (QED) is 0.825. The van der Waals surface area contributed by atoms with Gasteiger partial charge in [0.05, 0.1) is 12.2 Å². The highest BCUT2D eigenvalue weighted by Gasteiger charge is 2.41. The van der Waals surface area contributed by atoms with Crippen molar-refractivity contribution in [3.05, 3.63) is 47.5 Å². The first-order valence-corrected chi connectivity index (χ1v) is 7.16. The maximum Gasteiger partial charge on any atom is 0.335 e. The topological polar surface area (TPSA) is 83.8 Å². The molecular weight excluding hydrogens is 284 g/mol. The first kappa shape index (κ1) is 14.5. The number of aliphatic hydroxyl groups is 1. The number of hydrogen-bond donors (Lipinski definition) is 2. The molecule has 1 heterocycles. The average molecular weight is 300 g/mol. The van der Waals surface area contributed by atoms with E-state index in [1.807, 2.05) is 18.2 Å². The van der Waals surface area contributed by atoms with Gasteiger partial charge in [-0.05, 0) is 41.3 Å². The van der Waals surface area contributed by atoms with Crippen molar-refractivity contribution in [1.29, 1.82) is 0 Å². The summed E-state index contributed by atoms with van der Waals surface area (Å²) in [5.41, 5.74) is 1.27. The van der Waals surface area contributed by atoms with Crippen LogP contribution in [0.4, 0.5) is 0 Å². The van der Waals surface area contributed by atoms with Crippen LogP contribution >= 0.6 is 0 Å². The molecule has 0 radical (unpaired) electrons. The van der Waals surface area contributed by atoms with Gasteiger partial charge in [0.1, 0.15) is 12.0 Å². The Balaban J connectivity index is 1.82. The SMILES string of the molecule is O=C(O)c1ccc2cccc(CC[C@@H]3OC(=O)[C@H]3CO)c2c1. The summed E-state index contributed by atoms with van der Waals surface area (Å²) in [4.78, 5) is 22.3. The van der Waals surface area contributed by atoms with Crippen LogP contribution < -0.4 is 0 Å². The second-order valence-electron chi connectivity index (χ2n) is 5.46. The monoisotopic (exact) mass is 300 g/mol. The van der Waals surface area contributed by atoms with Crippen LogP contribution in [0.15, 0.2) is 36.4 Å². The van der Waals surface area contributed by atoms with Gasteiger partial charge in [-0.15, -0.1) is 0 Å². The molecule has 5 nitrogen and oxygen atoms in total. The van der Waals surface area contributed by atoms with Gasteiger partial charge in [-0.1, -0.05) is 24.3 Å². The molecule has 0 spiro atoms. The molecule has 0 aliphatic carbocycles. The molecule has 1 fully saturated rings. The van der Waals surface area contributed by atoms with E-state index in [1.54, 1.807) is 18.2 Å². The van der Waals surface area contributed by atoms with Crippen LogP contribution in [0.25, 0.3) is 10.8 Å². The largest absolute Gasteiger partial charge is 0.478 e. The third kappa shape index (κ3) is 2.55. The number of fused-ring (bicyclic) bond motifs is 1. The van der Waals surface area contributed by atoms with E-state index in [0.29, 0.717) is 12.8 Å². The Bertz CT molecular complexity index is 737. The molecule has 5 heteroatoms. The zero-order chi connectivity index (χ0) is 15.7. The number of esters is 1. The lowest BCUT2D eigenvalue weighted by Crippen LogP contribution is -2.47. The molecule has 2 atom stereocenters. The lowest BCUT2D eigenvalue weighted by molar-refractivity contribution is -0.188. The predicted octanol–water partition coefficient (Wildman–Crippen LogP) is 2.00. The fourth-order valence-electron chi connectivity index (χ4n) is 2.84. The van der Waals surface area contributed by atoms with E-state index in [9.17, 15) is 9.59 Å². The summed E-state index contributed by atoms with van der Waals surface area (Å²) >= 11 is 0. The number of cyclic esters (lactones) is 1. The minimum absolute atomic E-state index is 0.192. The standard InChI is InChI=1S/C17H16O5/c18-9-14-15(22-17(14)21)7-6-11-3-1-2-10-4-5-12(16(19)20)8-13(10)11/h1-5,8,14-15,18H,6-7,9H2,(H,19,20)/t14-,15-/m0/s1. The molecule has 0 amide bonds. The molecule has 1 saturated heterocycles. The molecule has 0 bridgehead atoms. The molecule has 0 unspecified atom stereocenters. The molecule has 2 aromatic rings. The highest BCUT2D eigenvalue weighted by Crippen LogP contribution is 2.28. The summed E-state index contributed by atoms with van der Waals surface area (Å²) in [7, 11) is 0. The fraction of sp³-hybridized carbons (Fsp3) is 0.294. The van der Waals surface area contributed by atoms with Crippen LogP contribution in [0, 0.1) is 5.92 Å². The number of hydrogen-bond acceptors (Lipinski definition) is 4. The van der Waals surface area contributed by atoms with Gasteiger partial charge in [0, 0.05) is 0 Å². The molecular formula is C17H16O5. The zero-order valence-electron chi connectivity index (χ0n) is 11.9. The van der Waals surface area contributed by atoms with Crippen molar-refractivity contribution in [3.63, 3.8) is 0 Å². The van der Waals surface area contributed by atoms with Gasteiger partial charge in [-0.3, -0.25) is 4.79 Å². The summed E-state index contributed by atoms with van der Waals surface area (Å²) in [5.74, 6) is -1.73. The van der Waals surface area contributed by atoms with Crippen molar-refractivity contribution in [2.75, 3.05) is 6.61 Å². The number of carboxylic acid groups (broad SMARTS) is 1. The predicted molar refractivity (Wildman–Crippen MR) is 79.7 cm³/mol. The fourth-order valence-corrected chi connectivity index (χ4v) is 2.84. The number of carbonyl (C=O) groups is 2. The van der Waals surface area contributed by atoms with Gasteiger partial charge >= 0.3 is 11.9 Å². The third-order valence-corrected chi connectivity index (χ3v) is 4.13. The highest BCUT2D eigenvalue weighted by atomic mass is 16.6. The number of aromatic carboxylic acids is 1. The van der Waals surface area contributed by atoms with Crippen molar-refractivity contribution in [3.8, 4) is 0 Å². The summed E-state index contributed by atoms with van der Waals surface area (Å²) in [6.07, 6.45) is 1.03. The van der Waals surface area contributed by atoms with E-state index in [0.717, 1.165) is 16.3 Å². The number of aliphatic hydroxyl groups excluding tert-OH is 1. The van der Waals surface area contributed by atoms with Crippen LogP contribution in [0.3, 0.4) is 0 Å². The van der Waals surface area contributed by atoms with Gasteiger partial charge in [0.2, 0.25) is 0 Å². The summed E-state index contributed by atoms with van der Waals surface area (Å²) < 4.78 is 5.05. The van der Waals surface area contributed by atoms with Gasteiger partial charge < -0.3 is 14.9 Å². The maximum atomic E-state index is 11.2. The first-order valence-electron chi connectivity index (χ1n) is 7.16. The van der Waals surface area contributed by atoms with Gasteiger partial charge in [-0.2, -0.15) is 0 Å². The highest BCUT2D eigenvalue weighted by molar-refractivity contribution is 5.95. The second kappa shape index (κ2) is 5.77. The number of carboxylic acids is 1. The van der Waals surface area contributed by atoms with Gasteiger partial charge in [0.25, 0.3) is 0 Å². The van der Waals surface area contributed by atoms with Gasteiger partial charge in [0.15, 0.2) is 0 Å². The zero-order valence-corrected chi connectivity index (χ0v) is 11.9. The van der Waals surface area contributed by atoms with Crippen LogP contribution in [0.5, 0.6) is 0 Å². The van der Waals surface area contributed by atoms with E-state index in [4.69, 9.17) is 14.9 Å². The average Bonchev–Trinajstić information content (AvgIpc) is 2.50. The first-order chi connectivity index (χ1) is 10.6. The van der Waals surface area contributed by atoms with Crippen molar-refractivity contribution in [2.24, 2.45) is 5.92 Å². The van der Waals surface area contributed by atoms with Crippen LogP contribution in [0.2, 0.25) is 0 Å². The van der Waals surface area contributed by atoms with Crippen molar-refractivity contribution < 1.29 is 24.5 Å². The Morgan fingerprint density at radius 1 is 1.23 bits per heavy atom. The summed E-state index contributed by atoms with van der Waals surface area (Å²) in [5, 5.41) is 20.1. The Kier molecular flexibility index (Phi) is 3.81. The number of rotatable bonds is 5. The maximum absolute atomic E-state index is 11.2. The van der Waals surface area contributed by atoms with Crippen LogP contribution in [-0.4, -0.2) is 34.9 Å². The molecule has 1 aliphatic rings. The lowest BCUT2D eigenvalue weighted by atomic mass is 9.91. The Hall–Kier alpha value is -2.40. The Labute approximate surface area is 127 Å². The molecule has 1 aliphatic heterocycles. The van der Waals surface area contributed by atoms with Gasteiger partial charge in [-0.25, -0.2) is 4.79 Å². The molecule has 2 aromatic carbocycles. The van der Waals surface area contributed by atoms with E-state index < -0.39 is 11.9 Å². The Morgan fingerprint density at radius 3 is 2.73 bits per heavy atom. The van der Waals surface area contributed by atoms with Crippen molar-refractivity contribution in [1.82, 2.24) is 0 Å². The van der Waals surface area contributed by atoms with E-state index >= 15 is 0 Å². The summed E-state index contributed by atoms with van der Waals surface area (Å²) in [6, 6.07) is 10.9. The van der Waals surface area contributed by atoms with E-state index in [1.165, 1.54) is 0 Å². The van der Waals surface area contributed by atoms with Crippen LogP contribution in [0.1, 0.15) is 22.3 Å². The molecule has 0 saturated carbocycles. The normalized spacial score (nSPS) is 20.5. The number of benzene rings is 2. The second-order valence-corrected chi connectivity index (χ2v) is 5.46. The lowest BCUT2D eigenvalue weighted by Gasteiger charge is -2.33. The summed E-state index contributed by atoms with van der Waals surface area (Å²) in [6.45, 7) is -0.192. The minimum atomic E-state index is -0.954. The Morgan fingerprint density at radius 2 is 2.05 bits per heavy atom. The smallest absolute Gasteiger partial charge is 0.335 e. The van der Waals surface area contributed by atoms with Crippen molar-refractivity contribution >= 4 is 22.7 Å². The van der Waals surface area contributed by atoms with Crippen molar-refractivity contribution in [2.45, 2.75) is 18.9 Å². The number of aryl methyl sites for hydroxylation is 1. The number of ether oxygens (including phenoxy) is 1. The minimum Gasteiger partial charge on any atom is -0.478 e. The third-order valence-electron chi connectivity index (χ3n) is 4.13. The molecule has 3 rings (SSSR count). The van der Waals surface area contributed by atoms with E-state index in [2.05, 4.69) is 0 Å². The molecule has 114 valence electrons. The molecule has 22 heavy (non-hydrogen) atoms. The number of carbonyl (C=O) groups excluding carboxylic acids is 1.